The summed E-state index contributed by atoms with van der Waals surface area (Å²) < 4.78 is 7.09. The summed E-state index contributed by atoms with van der Waals surface area (Å²) in [6.45, 7) is 0. The molecule has 0 radical (unpaired) electrons. The standard InChI is InChI=1S/C19H19BrN2O2/c20-14-3-1-13(2-4-14)19(23)22-15-5-6-16(22)12-18(11-15)24-17-7-9-21-10-8-17/h1-4,7-10,15-16,18H,5-6,11-12H2. The highest BCUT2D eigenvalue weighted by atomic mass is 79.9. The van der Waals surface area contributed by atoms with Gasteiger partial charge in [-0.3, -0.25) is 9.78 Å². The SMILES string of the molecule is O=C(c1ccc(Br)cc1)N1C2CCC1CC(Oc1ccncc1)C2. The molecule has 0 spiro atoms. The van der Waals surface area contributed by atoms with Crippen LogP contribution in [-0.2, 0) is 0 Å². The smallest absolute Gasteiger partial charge is 0.254 e. The number of piperidine rings is 1. The fourth-order valence-electron chi connectivity index (χ4n) is 3.91. The zero-order valence-electron chi connectivity index (χ0n) is 13.3. The minimum Gasteiger partial charge on any atom is -0.490 e. The van der Waals surface area contributed by atoms with Crippen LogP contribution in [-0.4, -0.2) is 34.0 Å². The molecule has 3 heterocycles. The summed E-state index contributed by atoms with van der Waals surface area (Å²) in [4.78, 5) is 19.0. The van der Waals surface area contributed by atoms with E-state index in [9.17, 15) is 4.79 Å². The van der Waals surface area contributed by atoms with Crippen molar-refractivity contribution in [1.29, 1.82) is 0 Å². The van der Waals surface area contributed by atoms with Gasteiger partial charge in [0.2, 0.25) is 0 Å². The Morgan fingerprint density at radius 2 is 1.67 bits per heavy atom. The predicted octanol–water partition coefficient (Wildman–Crippen LogP) is 4.06. The Morgan fingerprint density at radius 1 is 1.04 bits per heavy atom. The summed E-state index contributed by atoms with van der Waals surface area (Å²) in [5.74, 6) is 1.01. The van der Waals surface area contributed by atoms with Crippen LogP contribution < -0.4 is 4.74 Å². The maximum Gasteiger partial charge on any atom is 0.254 e. The molecule has 2 bridgehead atoms. The van der Waals surface area contributed by atoms with Crippen LogP contribution in [0.4, 0.5) is 0 Å². The highest BCUT2D eigenvalue weighted by Gasteiger charge is 2.44. The van der Waals surface area contributed by atoms with Gasteiger partial charge in [-0.25, -0.2) is 0 Å². The monoisotopic (exact) mass is 386 g/mol. The van der Waals surface area contributed by atoms with Crippen molar-refractivity contribution >= 4 is 21.8 Å². The lowest BCUT2D eigenvalue weighted by molar-refractivity contribution is 0.0359. The highest BCUT2D eigenvalue weighted by molar-refractivity contribution is 9.10. The number of aromatic nitrogens is 1. The normalized spacial score (nSPS) is 25.5. The Bertz CT molecular complexity index is 706. The molecule has 2 saturated heterocycles. The van der Waals surface area contributed by atoms with Crippen LogP contribution >= 0.6 is 15.9 Å². The molecular weight excluding hydrogens is 368 g/mol. The zero-order chi connectivity index (χ0) is 16.5. The molecule has 0 saturated carbocycles. The second kappa shape index (κ2) is 6.55. The highest BCUT2D eigenvalue weighted by Crippen LogP contribution is 2.38. The topological polar surface area (TPSA) is 42.4 Å². The van der Waals surface area contributed by atoms with Crippen molar-refractivity contribution in [2.45, 2.75) is 43.9 Å². The number of hydrogen-bond donors (Lipinski definition) is 0. The molecule has 2 unspecified atom stereocenters. The van der Waals surface area contributed by atoms with Crippen LogP contribution in [0.5, 0.6) is 5.75 Å². The average Bonchev–Trinajstić information content (AvgIpc) is 2.87. The number of fused-ring (bicyclic) bond motifs is 2. The summed E-state index contributed by atoms with van der Waals surface area (Å²) in [6, 6.07) is 12.0. The van der Waals surface area contributed by atoms with Gasteiger partial charge in [-0.1, -0.05) is 15.9 Å². The van der Waals surface area contributed by atoms with E-state index in [0.29, 0.717) is 0 Å². The minimum absolute atomic E-state index is 0.150. The number of benzene rings is 1. The number of halogens is 1. The Hall–Kier alpha value is -1.88. The number of pyridine rings is 1. The summed E-state index contributed by atoms with van der Waals surface area (Å²) in [5, 5.41) is 0. The number of nitrogens with zero attached hydrogens (tertiary/aromatic N) is 2. The first-order chi connectivity index (χ1) is 11.7. The maximum absolute atomic E-state index is 12.9. The van der Waals surface area contributed by atoms with E-state index in [2.05, 4.69) is 25.8 Å². The molecule has 2 aliphatic rings. The van der Waals surface area contributed by atoms with E-state index in [1.165, 1.54) is 0 Å². The van der Waals surface area contributed by atoms with Crippen LogP contribution in [0.2, 0.25) is 0 Å². The van der Waals surface area contributed by atoms with Crippen molar-refractivity contribution in [3.8, 4) is 5.75 Å². The lowest BCUT2D eigenvalue weighted by Gasteiger charge is -2.39. The Kier molecular flexibility index (Phi) is 4.27. The summed E-state index contributed by atoms with van der Waals surface area (Å²) in [5.41, 5.74) is 0.767. The van der Waals surface area contributed by atoms with Crippen molar-refractivity contribution in [3.63, 3.8) is 0 Å². The number of rotatable bonds is 3. The predicted molar refractivity (Wildman–Crippen MR) is 95.0 cm³/mol. The Balaban J connectivity index is 1.47. The molecule has 4 rings (SSSR count). The summed E-state index contributed by atoms with van der Waals surface area (Å²) in [6.07, 6.45) is 7.62. The molecule has 1 aromatic heterocycles. The van der Waals surface area contributed by atoms with Crippen molar-refractivity contribution in [3.05, 3.63) is 58.8 Å². The molecule has 0 aliphatic carbocycles. The molecule has 24 heavy (non-hydrogen) atoms. The van der Waals surface area contributed by atoms with Gasteiger partial charge >= 0.3 is 0 Å². The van der Waals surface area contributed by atoms with Gasteiger partial charge in [0.15, 0.2) is 0 Å². The number of carbonyl (C=O) groups excluding carboxylic acids is 1. The molecule has 1 aromatic carbocycles. The first kappa shape index (κ1) is 15.6. The quantitative estimate of drug-likeness (QED) is 0.798. The second-order valence-corrected chi connectivity index (χ2v) is 7.41. The molecule has 1 amide bonds. The van der Waals surface area contributed by atoms with E-state index in [1.807, 2.05) is 36.4 Å². The molecule has 4 nitrogen and oxygen atoms in total. The largest absolute Gasteiger partial charge is 0.490 e. The van der Waals surface area contributed by atoms with Gasteiger partial charge in [0.25, 0.3) is 5.91 Å². The van der Waals surface area contributed by atoms with Crippen molar-refractivity contribution in [2.24, 2.45) is 0 Å². The van der Waals surface area contributed by atoms with Gasteiger partial charge in [-0.05, 0) is 49.2 Å². The van der Waals surface area contributed by atoms with Crippen molar-refractivity contribution in [2.75, 3.05) is 0 Å². The molecule has 5 heteroatoms. The average molecular weight is 387 g/mol. The number of ether oxygens (including phenoxy) is 1. The fraction of sp³-hybridized carbons (Fsp3) is 0.368. The lowest BCUT2D eigenvalue weighted by atomic mass is 9.98. The van der Waals surface area contributed by atoms with E-state index in [1.54, 1.807) is 12.4 Å². The second-order valence-electron chi connectivity index (χ2n) is 6.50. The van der Waals surface area contributed by atoms with E-state index < -0.39 is 0 Å². The molecule has 2 fully saturated rings. The van der Waals surface area contributed by atoms with E-state index >= 15 is 0 Å². The molecule has 2 aliphatic heterocycles. The lowest BCUT2D eigenvalue weighted by Crippen LogP contribution is -2.49. The van der Waals surface area contributed by atoms with Gasteiger partial charge in [-0.15, -0.1) is 0 Å². The van der Waals surface area contributed by atoms with E-state index in [-0.39, 0.29) is 24.1 Å². The van der Waals surface area contributed by atoms with Gasteiger partial charge in [0, 0.05) is 47.4 Å². The van der Waals surface area contributed by atoms with Gasteiger partial charge in [0.05, 0.1) is 0 Å². The van der Waals surface area contributed by atoms with Gasteiger partial charge < -0.3 is 9.64 Å². The molecule has 2 aromatic rings. The van der Waals surface area contributed by atoms with Gasteiger partial charge in [0.1, 0.15) is 11.9 Å². The number of carbonyl (C=O) groups is 1. The Morgan fingerprint density at radius 3 is 2.29 bits per heavy atom. The number of amides is 1. The van der Waals surface area contributed by atoms with E-state index in [0.717, 1.165) is 41.5 Å². The van der Waals surface area contributed by atoms with Crippen LogP contribution in [0.25, 0.3) is 0 Å². The van der Waals surface area contributed by atoms with Crippen LogP contribution in [0.3, 0.4) is 0 Å². The third kappa shape index (κ3) is 3.05. The molecule has 0 N–H and O–H groups in total. The fourth-order valence-corrected chi connectivity index (χ4v) is 4.17. The zero-order valence-corrected chi connectivity index (χ0v) is 14.9. The summed E-state index contributed by atoms with van der Waals surface area (Å²) >= 11 is 3.42. The van der Waals surface area contributed by atoms with Crippen LogP contribution in [0, 0.1) is 0 Å². The maximum atomic E-state index is 12.9. The third-order valence-corrected chi connectivity index (χ3v) is 5.50. The molecular formula is C19H19BrN2O2. The molecule has 2 atom stereocenters. The third-order valence-electron chi connectivity index (χ3n) is 4.97. The first-order valence-corrected chi connectivity index (χ1v) is 9.15. The van der Waals surface area contributed by atoms with Crippen LogP contribution in [0.1, 0.15) is 36.0 Å². The van der Waals surface area contributed by atoms with Crippen molar-refractivity contribution in [1.82, 2.24) is 9.88 Å². The minimum atomic E-state index is 0.150. The first-order valence-electron chi connectivity index (χ1n) is 8.35. The Labute approximate surface area is 150 Å². The van der Waals surface area contributed by atoms with Gasteiger partial charge in [-0.2, -0.15) is 0 Å². The van der Waals surface area contributed by atoms with Crippen LogP contribution in [0.15, 0.2) is 53.3 Å². The summed E-state index contributed by atoms with van der Waals surface area (Å²) in [7, 11) is 0. The number of hydrogen-bond acceptors (Lipinski definition) is 3. The van der Waals surface area contributed by atoms with E-state index in [4.69, 9.17) is 4.74 Å². The molecule has 124 valence electrons. The van der Waals surface area contributed by atoms with Crippen molar-refractivity contribution < 1.29 is 9.53 Å².